The number of amides is 1. The number of rotatable bonds is 10. The second-order valence-corrected chi connectivity index (χ2v) is 10.6. The van der Waals surface area contributed by atoms with E-state index in [1.165, 1.54) is 30.3 Å². The van der Waals surface area contributed by atoms with E-state index < -0.39 is 21.9 Å². The van der Waals surface area contributed by atoms with E-state index in [4.69, 9.17) is 26.8 Å². The van der Waals surface area contributed by atoms with Crippen LogP contribution in [-0.2, 0) is 19.6 Å². The predicted octanol–water partition coefficient (Wildman–Crippen LogP) is 4.98. The topological polar surface area (TPSA) is 116 Å². The molecule has 1 amide bonds. The summed E-state index contributed by atoms with van der Waals surface area (Å²) in [4.78, 5) is 23.4. The molecule has 0 saturated carbocycles. The van der Waals surface area contributed by atoms with Crippen molar-refractivity contribution in [2.24, 2.45) is 5.73 Å². The van der Waals surface area contributed by atoms with Crippen LogP contribution in [-0.4, -0.2) is 33.4 Å². The van der Waals surface area contributed by atoms with Gasteiger partial charge in [-0.15, -0.1) is 0 Å². The molecule has 0 bridgehead atoms. The molecule has 184 valence electrons. The van der Waals surface area contributed by atoms with Gasteiger partial charge in [-0.2, -0.15) is 0 Å². The largest absolute Gasteiger partial charge is 0.462 e. The zero-order valence-corrected chi connectivity index (χ0v) is 22.3. The minimum Gasteiger partial charge on any atom is -0.462 e. The Morgan fingerprint density at radius 2 is 1.74 bits per heavy atom. The van der Waals surface area contributed by atoms with Crippen LogP contribution in [0.4, 0.5) is 5.69 Å². The Labute approximate surface area is 222 Å². The van der Waals surface area contributed by atoms with Crippen molar-refractivity contribution in [3.63, 3.8) is 0 Å². The van der Waals surface area contributed by atoms with Gasteiger partial charge in [-0.05, 0) is 84.1 Å². The van der Waals surface area contributed by atoms with E-state index in [9.17, 15) is 18.0 Å². The van der Waals surface area contributed by atoms with Gasteiger partial charge in [-0.3, -0.25) is 9.10 Å². The SMILES string of the molecule is CCOC(=O)c1ccc(N(CCC(N)=O)S(=O)(=O)c2cccc(I)c2Oc2cccc(Cl)c2)cc1. The molecule has 3 aromatic rings. The van der Waals surface area contributed by atoms with Crippen LogP contribution in [0.15, 0.2) is 71.6 Å². The Morgan fingerprint density at radius 1 is 1.06 bits per heavy atom. The van der Waals surface area contributed by atoms with Gasteiger partial charge < -0.3 is 15.2 Å². The summed E-state index contributed by atoms with van der Waals surface area (Å²) < 4.78 is 40.3. The van der Waals surface area contributed by atoms with E-state index in [2.05, 4.69) is 0 Å². The average Bonchev–Trinajstić information content (AvgIpc) is 2.80. The first kappa shape index (κ1) is 26.8. The number of esters is 1. The standard InChI is InChI=1S/C24H22ClIN2O6S/c1-2-33-24(30)16-9-11-18(12-10-16)28(14-13-22(27)29)35(31,32)21-8-4-7-20(26)23(21)34-19-6-3-5-17(25)15-19/h3-12,15H,2,13-14H2,1H3,(H2,27,29). The van der Waals surface area contributed by atoms with Gasteiger partial charge in [0, 0.05) is 18.0 Å². The molecule has 0 saturated heterocycles. The van der Waals surface area contributed by atoms with Crippen molar-refractivity contribution in [2.75, 3.05) is 17.5 Å². The van der Waals surface area contributed by atoms with Crippen molar-refractivity contribution in [1.29, 1.82) is 0 Å². The molecule has 0 aliphatic heterocycles. The third-order valence-electron chi connectivity index (χ3n) is 4.74. The first-order chi connectivity index (χ1) is 16.6. The fraction of sp³-hybridized carbons (Fsp3) is 0.167. The van der Waals surface area contributed by atoms with Gasteiger partial charge in [-0.1, -0.05) is 23.7 Å². The lowest BCUT2D eigenvalue weighted by atomic mass is 10.2. The van der Waals surface area contributed by atoms with Gasteiger partial charge in [0.15, 0.2) is 5.75 Å². The van der Waals surface area contributed by atoms with Crippen molar-refractivity contribution in [1.82, 2.24) is 0 Å². The first-order valence-corrected chi connectivity index (χ1v) is 13.3. The van der Waals surface area contributed by atoms with Gasteiger partial charge in [0.25, 0.3) is 10.0 Å². The number of nitrogens with two attached hydrogens (primary N) is 1. The molecule has 11 heteroatoms. The Hall–Kier alpha value is -2.83. The van der Waals surface area contributed by atoms with Gasteiger partial charge in [0.1, 0.15) is 10.6 Å². The van der Waals surface area contributed by atoms with Crippen LogP contribution in [0.5, 0.6) is 11.5 Å². The van der Waals surface area contributed by atoms with Gasteiger partial charge in [-0.25, -0.2) is 13.2 Å². The number of sulfonamides is 1. The number of carbonyl (C=O) groups is 2. The van der Waals surface area contributed by atoms with Crippen LogP contribution in [0.25, 0.3) is 0 Å². The molecule has 2 N–H and O–H groups in total. The second kappa shape index (κ2) is 11.7. The maximum atomic E-state index is 13.9. The third kappa shape index (κ3) is 6.65. The summed E-state index contributed by atoms with van der Waals surface area (Å²) in [6.07, 6.45) is -0.215. The molecule has 35 heavy (non-hydrogen) atoms. The smallest absolute Gasteiger partial charge is 0.338 e. The number of hydrogen-bond donors (Lipinski definition) is 1. The Morgan fingerprint density at radius 3 is 2.37 bits per heavy atom. The molecule has 0 aliphatic carbocycles. The van der Waals surface area contributed by atoms with Crippen LogP contribution in [0.1, 0.15) is 23.7 Å². The van der Waals surface area contributed by atoms with Crippen molar-refractivity contribution in [2.45, 2.75) is 18.2 Å². The maximum Gasteiger partial charge on any atom is 0.338 e. The number of nitrogens with zero attached hydrogens (tertiary/aromatic N) is 1. The van der Waals surface area contributed by atoms with Crippen molar-refractivity contribution in [3.05, 3.63) is 80.9 Å². The maximum absolute atomic E-state index is 13.9. The van der Waals surface area contributed by atoms with E-state index in [0.29, 0.717) is 14.3 Å². The molecule has 0 fully saturated rings. The Kier molecular flexibility index (Phi) is 8.98. The lowest BCUT2D eigenvalue weighted by molar-refractivity contribution is -0.117. The summed E-state index contributed by atoms with van der Waals surface area (Å²) in [5.74, 6) is -0.713. The van der Waals surface area contributed by atoms with Gasteiger partial charge >= 0.3 is 5.97 Å². The summed E-state index contributed by atoms with van der Waals surface area (Å²) in [5, 5.41) is 0.433. The summed E-state index contributed by atoms with van der Waals surface area (Å²) in [5.41, 5.74) is 5.82. The molecule has 0 unspecified atom stereocenters. The van der Waals surface area contributed by atoms with E-state index in [1.54, 1.807) is 43.3 Å². The van der Waals surface area contributed by atoms with E-state index in [0.717, 1.165) is 4.31 Å². The molecule has 8 nitrogen and oxygen atoms in total. The lowest BCUT2D eigenvalue weighted by Gasteiger charge is -2.25. The molecule has 3 aromatic carbocycles. The number of ether oxygens (including phenoxy) is 2. The third-order valence-corrected chi connectivity index (χ3v) is 7.68. The molecule has 3 rings (SSSR count). The zero-order valence-electron chi connectivity index (χ0n) is 18.6. The number of hydrogen-bond acceptors (Lipinski definition) is 6. The molecule has 0 aromatic heterocycles. The number of anilines is 1. The minimum absolute atomic E-state index is 0.108. The second-order valence-electron chi connectivity index (χ2n) is 7.19. The van der Waals surface area contributed by atoms with Gasteiger partial charge in [0.05, 0.1) is 21.4 Å². The monoisotopic (exact) mass is 628 g/mol. The molecule has 0 aliphatic rings. The van der Waals surface area contributed by atoms with Crippen molar-refractivity contribution in [3.8, 4) is 11.5 Å². The van der Waals surface area contributed by atoms with Crippen molar-refractivity contribution < 1.29 is 27.5 Å². The number of carbonyl (C=O) groups excluding carboxylic acids is 2. The highest BCUT2D eigenvalue weighted by Crippen LogP contribution is 2.37. The average molecular weight is 629 g/mol. The Bertz CT molecular complexity index is 1330. The molecule has 0 radical (unpaired) electrons. The minimum atomic E-state index is -4.23. The molecular weight excluding hydrogens is 607 g/mol. The molecular formula is C24H22ClIN2O6S. The molecule has 0 heterocycles. The van der Waals surface area contributed by atoms with E-state index in [1.807, 2.05) is 22.6 Å². The molecule has 0 spiro atoms. The Balaban J connectivity index is 2.06. The van der Waals surface area contributed by atoms with Crippen LogP contribution < -0.4 is 14.8 Å². The quantitative estimate of drug-likeness (QED) is 0.250. The summed E-state index contributed by atoms with van der Waals surface area (Å²) in [6.45, 7) is 1.69. The first-order valence-electron chi connectivity index (χ1n) is 10.4. The highest BCUT2D eigenvalue weighted by molar-refractivity contribution is 14.1. The summed E-state index contributed by atoms with van der Waals surface area (Å²) >= 11 is 8.04. The van der Waals surface area contributed by atoms with Crippen LogP contribution in [0.3, 0.4) is 0 Å². The number of benzene rings is 3. The van der Waals surface area contributed by atoms with Crippen LogP contribution in [0, 0.1) is 3.57 Å². The van der Waals surface area contributed by atoms with E-state index >= 15 is 0 Å². The number of primary amides is 1. The highest BCUT2D eigenvalue weighted by atomic mass is 127. The number of halogens is 2. The highest BCUT2D eigenvalue weighted by Gasteiger charge is 2.30. The molecule has 0 atom stereocenters. The summed E-state index contributed by atoms with van der Waals surface area (Å²) in [6, 6.07) is 17.2. The van der Waals surface area contributed by atoms with Crippen LogP contribution >= 0.6 is 34.2 Å². The van der Waals surface area contributed by atoms with Crippen molar-refractivity contribution >= 4 is 61.8 Å². The van der Waals surface area contributed by atoms with Crippen LogP contribution in [0.2, 0.25) is 5.02 Å². The van der Waals surface area contributed by atoms with Gasteiger partial charge in [0.2, 0.25) is 5.91 Å². The predicted molar refractivity (Wildman–Crippen MR) is 141 cm³/mol. The number of para-hydroxylation sites is 1. The lowest BCUT2D eigenvalue weighted by Crippen LogP contribution is -2.34. The fourth-order valence-electron chi connectivity index (χ4n) is 3.14. The zero-order chi connectivity index (χ0) is 25.6. The fourth-order valence-corrected chi connectivity index (χ4v) is 5.71. The normalized spacial score (nSPS) is 11.1. The summed E-state index contributed by atoms with van der Waals surface area (Å²) in [7, 11) is -4.23. The van der Waals surface area contributed by atoms with E-state index in [-0.39, 0.29) is 41.5 Å².